The van der Waals surface area contributed by atoms with Gasteiger partial charge in [-0.05, 0) is 49.9 Å². The van der Waals surface area contributed by atoms with E-state index in [0.29, 0.717) is 6.42 Å². The lowest BCUT2D eigenvalue weighted by Crippen LogP contribution is -2.36. The standard InChI is InChI=1S/C13H14ClNO3S/c1-8-6-10-7-11(19(14,17)18)4-5-12(10)15(8)13(16)9-2-3-9/h4-5,7-9H,2-3,6H2,1H3/t8-/m1/s1. The molecule has 0 aromatic heterocycles. The largest absolute Gasteiger partial charge is 0.309 e. The van der Waals surface area contributed by atoms with Gasteiger partial charge in [0.15, 0.2) is 0 Å². The first-order valence-corrected chi connectivity index (χ1v) is 8.59. The van der Waals surface area contributed by atoms with E-state index in [-0.39, 0.29) is 22.8 Å². The molecule has 102 valence electrons. The molecule has 1 fully saturated rings. The van der Waals surface area contributed by atoms with Crippen LogP contribution in [0.3, 0.4) is 0 Å². The number of hydrogen-bond acceptors (Lipinski definition) is 3. The molecule has 1 heterocycles. The normalized spacial score (nSPS) is 22.4. The maximum absolute atomic E-state index is 12.2. The average molecular weight is 300 g/mol. The number of anilines is 1. The summed E-state index contributed by atoms with van der Waals surface area (Å²) in [5.74, 6) is 0.317. The van der Waals surface area contributed by atoms with Gasteiger partial charge in [0.05, 0.1) is 4.90 Å². The van der Waals surface area contributed by atoms with Crippen LogP contribution in [-0.2, 0) is 20.3 Å². The summed E-state index contributed by atoms with van der Waals surface area (Å²) >= 11 is 0. The predicted octanol–water partition coefficient (Wildman–Crippen LogP) is 2.30. The van der Waals surface area contributed by atoms with Crippen LogP contribution < -0.4 is 4.90 Å². The number of hydrogen-bond donors (Lipinski definition) is 0. The fraction of sp³-hybridized carbons (Fsp3) is 0.462. The van der Waals surface area contributed by atoms with Gasteiger partial charge < -0.3 is 4.90 Å². The third kappa shape index (κ3) is 2.25. The highest BCUT2D eigenvalue weighted by molar-refractivity contribution is 8.13. The Morgan fingerprint density at radius 2 is 2.05 bits per heavy atom. The molecule has 19 heavy (non-hydrogen) atoms. The van der Waals surface area contributed by atoms with Crippen LogP contribution in [0.4, 0.5) is 5.69 Å². The monoisotopic (exact) mass is 299 g/mol. The Kier molecular flexibility index (Phi) is 2.87. The molecule has 1 amide bonds. The maximum atomic E-state index is 12.2. The Morgan fingerprint density at radius 1 is 1.37 bits per heavy atom. The lowest BCUT2D eigenvalue weighted by atomic mass is 10.1. The van der Waals surface area contributed by atoms with E-state index in [0.717, 1.165) is 24.1 Å². The van der Waals surface area contributed by atoms with E-state index in [2.05, 4.69) is 0 Å². The number of carbonyl (C=O) groups excluding carboxylic acids is 1. The van der Waals surface area contributed by atoms with E-state index in [9.17, 15) is 13.2 Å². The topological polar surface area (TPSA) is 54.5 Å². The maximum Gasteiger partial charge on any atom is 0.261 e. The van der Waals surface area contributed by atoms with Crippen LogP contribution in [0.5, 0.6) is 0 Å². The van der Waals surface area contributed by atoms with Crippen molar-refractivity contribution in [2.45, 2.75) is 37.1 Å². The van der Waals surface area contributed by atoms with Crippen molar-refractivity contribution in [3.05, 3.63) is 23.8 Å². The van der Waals surface area contributed by atoms with Crippen molar-refractivity contribution in [3.8, 4) is 0 Å². The first kappa shape index (κ1) is 12.9. The summed E-state index contributed by atoms with van der Waals surface area (Å²) in [5.41, 5.74) is 1.71. The molecule has 0 N–H and O–H groups in total. The summed E-state index contributed by atoms with van der Waals surface area (Å²) in [4.78, 5) is 14.1. The zero-order valence-corrected chi connectivity index (χ0v) is 12.0. The molecule has 3 rings (SSSR count). The average Bonchev–Trinajstić information content (AvgIpc) is 3.09. The molecule has 0 radical (unpaired) electrons. The number of halogens is 1. The SMILES string of the molecule is C[C@@H]1Cc2cc(S(=O)(=O)Cl)ccc2N1C(=O)C1CC1. The van der Waals surface area contributed by atoms with Gasteiger partial charge in [0.25, 0.3) is 9.05 Å². The first-order valence-electron chi connectivity index (χ1n) is 6.28. The van der Waals surface area contributed by atoms with E-state index in [4.69, 9.17) is 10.7 Å². The van der Waals surface area contributed by atoms with Crippen molar-refractivity contribution in [2.24, 2.45) is 5.92 Å². The molecular weight excluding hydrogens is 286 g/mol. The molecule has 1 aromatic rings. The molecule has 1 aromatic carbocycles. The predicted molar refractivity (Wildman–Crippen MR) is 72.9 cm³/mol. The van der Waals surface area contributed by atoms with Crippen molar-refractivity contribution in [1.29, 1.82) is 0 Å². The van der Waals surface area contributed by atoms with Crippen molar-refractivity contribution in [2.75, 3.05) is 4.90 Å². The number of benzene rings is 1. The Balaban J connectivity index is 2.01. The molecule has 1 saturated carbocycles. The molecule has 1 aliphatic carbocycles. The number of carbonyl (C=O) groups is 1. The van der Waals surface area contributed by atoms with Gasteiger partial charge >= 0.3 is 0 Å². The zero-order chi connectivity index (χ0) is 13.8. The summed E-state index contributed by atoms with van der Waals surface area (Å²) in [6.07, 6.45) is 2.60. The molecule has 0 saturated heterocycles. The molecule has 0 bridgehead atoms. The number of amides is 1. The summed E-state index contributed by atoms with van der Waals surface area (Å²) in [7, 11) is 1.63. The summed E-state index contributed by atoms with van der Waals surface area (Å²) in [6.45, 7) is 1.98. The van der Waals surface area contributed by atoms with Gasteiger partial charge in [-0.3, -0.25) is 4.79 Å². The second-order valence-corrected chi connectivity index (χ2v) is 7.83. The fourth-order valence-electron chi connectivity index (χ4n) is 2.62. The molecule has 4 nitrogen and oxygen atoms in total. The molecule has 2 aliphatic rings. The van der Waals surface area contributed by atoms with Gasteiger partial charge in [-0.1, -0.05) is 0 Å². The zero-order valence-electron chi connectivity index (χ0n) is 10.5. The third-order valence-electron chi connectivity index (χ3n) is 3.71. The Hall–Kier alpha value is -1.07. The van der Waals surface area contributed by atoms with Crippen LogP contribution in [0.2, 0.25) is 0 Å². The lowest BCUT2D eigenvalue weighted by molar-refractivity contribution is -0.120. The van der Waals surface area contributed by atoms with Crippen molar-refractivity contribution >= 4 is 31.3 Å². The highest BCUT2D eigenvalue weighted by Crippen LogP contribution is 2.39. The van der Waals surface area contributed by atoms with E-state index in [1.807, 2.05) is 6.92 Å². The van der Waals surface area contributed by atoms with Crippen molar-refractivity contribution in [3.63, 3.8) is 0 Å². The second kappa shape index (κ2) is 4.21. The Bertz CT molecular complexity index is 652. The second-order valence-electron chi connectivity index (χ2n) is 5.26. The molecule has 1 atom stereocenters. The van der Waals surface area contributed by atoms with E-state index in [1.165, 1.54) is 6.07 Å². The minimum Gasteiger partial charge on any atom is -0.309 e. The van der Waals surface area contributed by atoms with Gasteiger partial charge in [-0.15, -0.1) is 0 Å². The van der Waals surface area contributed by atoms with Crippen molar-refractivity contribution < 1.29 is 13.2 Å². The number of nitrogens with zero attached hydrogens (tertiary/aromatic N) is 1. The molecule has 0 spiro atoms. The van der Waals surface area contributed by atoms with Gasteiger partial charge in [0.1, 0.15) is 0 Å². The first-order chi connectivity index (χ1) is 8.88. The molecule has 6 heteroatoms. The third-order valence-corrected chi connectivity index (χ3v) is 5.06. The van der Waals surface area contributed by atoms with E-state index < -0.39 is 9.05 Å². The smallest absolute Gasteiger partial charge is 0.261 e. The van der Waals surface area contributed by atoms with Gasteiger partial charge in [0.2, 0.25) is 5.91 Å². The minimum atomic E-state index is -3.71. The van der Waals surface area contributed by atoms with Gasteiger partial charge in [-0.2, -0.15) is 0 Å². The Labute approximate surface area is 116 Å². The van der Waals surface area contributed by atoms with Crippen LogP contribution in [0, 0.1) is 5.92 Å². The van der Waals surface area contributed by atoms with Crippen molar-refractivity contribution in [1.82, 2.24) is 0 Å². The van der Waals surface area contributed by atoms with Crippen LogP contribution >= 0.6 is 10.7 Å². The van der Waals surface area contributed by atoms with Crippen LogP contribution in [0.1, 0.15) is 25.3 Å². The van der Waals surface area contributed by atoms with Crippen LogP contribution in [-0.4, -0.2) is 20.4 Å². The summed E-state index contributed by atoms with van der Waals surface area (Å²) in [6, 6.07) is 4.81. The summed E-state index contributed by atoms with van der Waals surface area (Å²) in [5, 5.41) is 0. The highest BCUT2D eigenvalue weighted by Gasteiger charge is 2.39. The molecule has 1 aliphatic heterocycles. The van der Waals surface area contributed by atoms with Crippen LogP contribution in [0.15, 0.2) is 23.1 Å². The van der Waals surface area contributed by atoms with E-state index in [1.54, 1.807) is 17.0 Å². The van der Waals surface area contributed by atoms with Gasteiger partial charge in [0, 0.05) is 28.3 Å². The minimum absolute atomic E-state index is 0.0800. The number of rotatable bonds is 2. The Morgan fingerprint density at radius 3 is 2.63 bits per heavy atom. The quantitative estimate of drug-likeness (QED) is 0.787. The van der Waals surface area contributed by atoms with E-state index >= 15 is 0 Å². The number of fused-ring (bicyclic) bond motifs is 1. The lowest BCUT2D eigenvalue weighted by Gasteiger charge is -2.22. The van der Waals surface area contributed by atoms with Gasteiger partial charge in [-0.25, -0.2) is 8.42 Å². The highest BCUT2D eigenvalue weighted by atomic mass is 35.7. The van der Waals surface area contributed by atoms with Crippen LogP contribution in [0.25, 0.3) is 0 Å². The molecular formula is C13H14ClNO3S. The summed E-state index contributed by atoms with van der Waals surface area (Å²) < 4.78 is 22.7. The molecule has 0 unspecified atom stereocenters. The fourth-order valence-corrected chi connectivity index (χ4v) is 3.42.